The average molecular weight is 445 g/mol. The zero-order chi connectivity index (χ0) is 22.3. The Hall–Kier alpha value is -3.51. The molecule has 1 aliphatic rings. The zero-order valence-electron chi connectivity index (χ0n) is 17.7. The van der Waals surface area contributed by atoms with Crippen LogP contribution < -0.4 is 15.0 Å². The number of ether oxygens (including phenoxy) is 1. The Labute approximate surface area is 192 Å². The van der Waals surface area contributed by atoms with Crippen molar-refractivity contribution < 1.29 is 14.3 Å². The number of amides is 2. The van der Waals surface area contributed by atoms with E-state index in [1.54, 1.807) is 22.7 Å². The van der Waals surface area contributed by atoms with Gasteiger partial charge in [-0.05, 0) is 48.4 Å². The predicted molar refractivity (Wildman–Crippen MR) is 131 cm³/mol. The van der Waals surface area contributed by atoms with Crippen LogP contribution in [0.1, 0.15) is 23.4 Å². The van der Waals surface area contributed by atoms with E-state index in [9.17, 15) is 9.59 Å². The number of rotatable bonds is 7. The largest absolute Gasteiger partial charge is 0.492 e. The molecule has 162 valence electrons. The van der Waals surface area contributed by atoms with Crippen LogP contribution in [-0.4, -0.2) is 24.2 Å². The highest BCUT2D eigenvalue weighted by Gasteiger charge is 2.35. The van der Waals surface area contributed by atoms with Gasteiger partial charge < -0.3 is 10.1 Å². The van der Waals surface area contributed by atoms with E-state index in [0.29, 0.717) is 23.8 Å². The summed E-state index contributed by atoms with van der Waals surface area (Å²) in [6.45, 7) is 2.46. The number of hydrogen-bond donors (Lipinski definition) is 1. The fourth-order valence-corrected chi connectivity index (χ4v) is 4.69. The molecule has 1 fully saturated rings. The molecule has 0 saturated carbocycles. The molecule has 5 nitrogen and oxygen atoms in total. The third-order valence-electron chi connectivity index (χ3n) is 4.98. The van der Waals surface area contributed by atoms with Crippen LogP contribution in [0.25, 0.3) is 6.08 Å². The number of hydrogen-bond acceptors (Lipinski definition) is 4. The van der Waals surface area contributed by atoms with Crippen molar-refractivity contribution in [2.75, 3.05) is 22.6 Å². The molecule has 1 unspecified atom stereocenters. The number of carbonyl (C=O) groups is 2. The van der Waals surface area contributed by atoms with Crippen molar-refractivity contribution in [2.45, 2.75) is 12.3 Å². The Kier molecular flexibility index (Phi) is 6.92. The monoisotopic (exact) mass is 444 g/mol. The summed E-state index contributed by atoms with van der Waals surface area (Å²) in [5, 5.41) is 2.73. The van der Waals surface area contributed by atoms with Gasteiger partial charge in [0, 0.05) is 11.8 Å². The van der Waals surface area contributed by atoms with Gasteiger partial charge in [-0.3, -0.25) is 14.5 Å². The Morgan fingerprint density at radius 3 is 2.53 bits per heavy atom. The number of carbonyl (C=O) groups excluding carboxylic acids is 2. The van der Waals surface area contributed by atoms with E-state index in [2.05, 4.69) is 5.32 Å². The minimum atomic E-state index is -0.195. The van der Waals surface area contributed by atoms with Crippen LogP contribution in [0.2, 0.25) is 0 Å². The highest BCUT2D eigenvalue weighted by molar-refractivity contribution is 8.00. The van der Waals surface area contributed by atoms with Gasteiger partial charge in [-0.2, -0.15) is 0 Å². The van der Waals surface area contributed by atoms with Gasteiger partial charge in [0.25, 0.3) is 0 Å². The van der Waals surface area contributed by atoms with Crippen LogP contribution in [-0.2, 0) is 9.59 Å². The summed E-state index contributed by atoms with van der Waals surface area (Å²) >= 11 is 1.58. The van der Waals surface area contributed by atoms with Crippen LogP contribution in [0, 0.1) is 0 Å². The molecule has 3 aromatic carbocycles. The van der Waals surface area contributed by atoms with Gasteiger partial charge >= 0.3 is 0 Å². The summed E-state index contributed by atoms with van der Waals surface area (Å²) < 4.78 is 5.74. The lowest BCUT2D eigenvalue weighted by Crippen LogP contribution is -2.28. The number of nitrogens with zero attached hydrogens (tertiary/aromatic N) is 1. The van der Waals surface area contributed by atoms with Crippen molar-refractivity contribution >= 4 is 41.0 Å². The van der Waals surface area contributed by atoms with E-state index in [1.165, 1.54) is 6.08 Å². The molecule has 1 N–H and O–H groups in total. The molecular weight excluding hydrogens is 420 g/mol. The van der Waals surface area contributed by atoms with Crippen molar-refractivity contribution in [3.05, 3.63) is 96.1 Å². The molecular formula is C26H24N2O3S. The van der Waals surface area contributed by atoms with Crippen LogP contribution in [0.15, 0.2) is 84.9 Å². The maximum atomic E-state index is 12.7. The standard InChI is InChI=1S/C26H24N2O3S/c1-2-31-23-11-7-6-10-22(23)28-25(30)18-32-26(28)20-13-15-21(16-14-20)27-24(29)17-12-19-8-4-3-5-9-19/h3-17,26H,2,18H2,1H3,(H,27,29)/b17-12+. The first-order valence-corrected chi connectivity index (χ1v) is 11.5. The molecule has 0 aromatic heterocycles. The Bertz CT molecular complexity index is 1110. The van der Waals surface area contributed by atoms with E-state index < -0.39 is 0 Å². The molecule has 1 saturated heterocycles. The van der Waals surface area contributed by atoms with Crippen molar-refractivity contribution in [1.29, 1.82) is 0 Å². The lowest BCUT2D eigenvalue weighted by molar-refractivity contribution is -0.116. The summed E-state index contributed by atoms with van der Waals surface area (Å²) in [5.41, 5.74) is 3.43. The summed E-state index contributed by atoms with van der Waals surface area (Å²) in [5.74, 6) is 0.966. The number of para-hydroxylation sites is 2. The van der Waals surface area contributed by atoms with Gasteiger partial charge in [0.15, 0.2) is 0 Å². The highest BCUT2D eigenvalue weighted by Crippen LogP contribution is 2.44. The lowest BCUT2D eigenvalue weighted by Gasteiger charge is -2.26. The fraction of sp³-hybridized carbons (Fsp3) is 0.154. The van der Waals surface area contributed by atoms with E-state index >= 15 is 0 Å². The molecule has 0 bridgehead atoms. The minimum Gasteiger partial charge on any atom is -0.492 e. The summed E-state index contributed by atoms with van der Waals surface area (Å²) in [6, 6.07) is 24.9. The lowest BCUT2D eigenvalue weighted by atomic mass is 10.1. The topological polar surface area (TPSA) is 58.6 Å². The molecule has 6 heteroatoms. The molecule has 0 aliphatic carbocycles. The number of anilines is 2. The van der Waals surface area contributed by atoms with Crippen LogP contribution in [0.4, 0.5) is 11.4 Å². The normalized spacial score (nSPS) is 15.8. The molecule has 1 heterocycles. The average Bonchev–Trinajstić information content (AvgIpc) is 3.20. The van der Waals surface area contributed by atoms with Crippen LogP contribution in [0.3, 0.4) is 0 Å². The Morgan fingerprint density at radius 2 is 1.78 bits per heavy atom. The molecule has 2 amide bonds. The molecule has 1 atom stereocenters. The molecule has 0 spiro atoms. The number of thioether (sulfide) groups is 1. The molecule has 4 rings (SSSR count). The van der Waals surface area contributed by atoms with Gasteiger partial charge in [0.1, 0.15) is 11.1 Å². The van der Waals surface area contributed by atoms with Crippen LogP contribution in [0.5, 0.6) is 5.75 Å². The third kappa shape index (κ3) is 5.03. The van der Waals surface area contributed by atoms with Crippen molar-refractivity contribution in [3.8, 4) is 5.75 Å². The maximum Gasteiger partial charge on any atom is 0.248 e. The maximum absolute atomic E-state index is 12.7. The van der Waals surface area contributed by atoms with Crippen molar-refractivity contribution in [1.82, 2.24) is 0 Å². The van der Waals surface area contributed by atoms with Crippen LogP contribution >= 0.6 is 11.8 Å². The first-order valence-electron chi connectivity index (χ1n) is 10.5. The zero-order valence-corrected chi connectivity index (χ0v) is 18.5. The van der Waals surface area contributed by atoms with Gasteiger partial charge in [-0.15, -0.1) is 11.8 Å². The smallest absolute Gasteiger partial charge is 0.248 e. The SMILES string of the molecule is CCOc1ccccc1N1C(=O)CSC1c1ccc(NC(=O)/C=C/c2ccccc2)cc1. The first kappa shape index (κ1) is 21.7. The fourth-order valence-electron chi connectivity index (χ4n) is 3.52. The van der Waals surface area contributed by atoms with Gasteiger partial charge in [-0.1, -0.05) is 54.6 Å². The predicted octanol–water partition coefficient (Wildman–Crippen LogP) is 5.52. The van der Waals surface area contributed by atoms with E-state index in [0.717, 1.165) is 16.8 Å². The Morgan fingerprint density at radius 1 is 1.06 bits per heavy atom. The van der Waals surface area contributed by atoms with Gasteiger partial charge in [-0.25, -0.2) is 0 Å². The number of nitrogens with one attached hydrogen (secondary N) is 1. The first-order chi connectivity index (χ1) is 15.7. The molecule has 1 aliphatic heterocycles. The van der Waals surface area contributed by atoms with E-state index in [1.807, 2.05) is 85.8 Å². The summed E-state index contributed by atoms with van der Waals surface area (Å²) in [7, 11) is 0. The van der Waals surface area contributed by atoms with E-state index in [4.69, 9.17) is 4.74 Å². The third-order valence-corrected chi connectivity index (χ3v) is 6.19. The van der Waals surface area contributed by atoms with Crippen molar-refractivity contribution in [2.24, 2.45) is 0 Å². The van der Waals surface area contributed by atoms with Gasteiger partial charge in [0.05, 0.1) is 18.0 Å². The van der Waals surface area contributed by atoms with Crippen molar-refractivity contribution in [3.63, 3.8) is 0 Å². The summed E-state index contributed by atoms with van der Waals surface area (Å²) in [6.07, 6.45) is 3.29. The second kappa shape index (κ2) is 10.2. The quantitative estimate of drug-likeness (QED) is 0.488. The number of benzene rings is 3. The molecule has 3 aromatic rings. The second-order valence-corrected chi connectivity index (χ2v) is 8.25. The molecule has 0 radical (unpaired) electrons. The highest BCUT2D eigenvalue weighted by atomic mass is 32.2. The Balaban J connectivity index is 1.48. The molecule has 32 heavy (non-hydrogen) atoms. The minimum absolute atomic E-state index is 0.0515. The van der Waals surface area contributed by atoms with Gasteiger partial charge in [0.2, 0.25) is 11.8 Å². The van der Waals surface area contributed by atoms with E-state index in [-0.39, 0.29) is 17.2 Å². The second-order valence-electron chi connectivity index (χ2n) is 7.18. The summed E-state index contributed by atoms with van der Waals surface area (Å²) in [4.78, 5) is 26.7.